The Labute approximate surface area is 112 Å². The summed E-state index contributed by atoms with van der Waals surface area (Å²) in [6.45, 7) is 2.00. The van der Waals surface area contributed by atoms with Crippen molar-refractivity contribution < 1.29 is 19.1 Å². The molecule has 4 fully saturated rings. The molecule has 4 rings (SSSR count). The summed E-state index contributed by atoms with van der Waals surface area (Å²) in [4.78, 5) is 24.9. The third-order valence-corrected chi connectivity index (χ3v) is 5.83. The number of carbonyl (C=O) groups excluding carboxylic acids is 2. The number of fused-ring (bicyclic) bond motifs is 1. The average molecular weight is 264 g/mol. The lowest BCUT2D eigenvalue weighted by Crippen LogP contribution is -2.45. The van der Waals surface area contributed by atoms with Crippen LogP contribution >= 0.6 is 0 Å². The second-order valence-corrected chi connectivity index (χ2v) is 7.11. The molecule has 0 N–H and O–H groups in total. The van der Waals surface area contributed by atoms with Crippen LogP contribution in [-0.2, 0) is 19.1 Å². The first-order chi connectivity index (χ1) is 9.03. The van der Waals surface area contributed by atoms with E-state index in [9.17, 15) is 9.59 Å². The lowest BCUT2D eigenvalue weighted by molar-refractivity contribution is -0.176. The zero-order chi connectivity index (χ0) is 13.3. The molecule has 4 unspecified atom stereocenters. The van der Waals surface area contributed by atoms with Gasteiger partial charge >= 0.3 is 11.9 Å². The minimum atomic E-state index is -0.945. The summed E-state index contributed by atoms with van der Waals surface area (Å²) in [5.41, 5.74) is -1.30. The first-order valence-electron chi connectivity index (χ1n) is 7.48. The Morgan fingerprint density at radius 2 is 2.05 bits per heavy atom. The summed E-state index contributed by atoms with van der Waals surface area (Å²) in [5, 5.41) is 0. The molecule has 4 heteroatoms. The standard InChI is InChI=1S/C15H20O4/c1-14(4-2-3-5-14)19-13(17)15-8-9-6-10(15)11(7-9)18-12(15)16/h9-11H,2-8H2,1H3. The maximum Gasteiger partial charge on any atom is 0.324 e. The minimum absolute atomic E-state index is 0.0183. The summed E-state index contributed by atoms with van der Waals surface area (Å²) >= 11 is 0. The fourth-order valence-corrected chi connectivity index (χ4v) is 4.86. The number of esters is 2. The van der Waals surface area contributed by atoms with Gasteiger partial charge in [-0.3, -0.25) is 9.59 Å². The van der Waals surface area contributed by atoms with E-state index >= 15 is 0 Å². The third kappa shape index (κ3) is 1.40. The van der Waals surface area contributed by atoms with Crippen molar-refractivity contribution in [3.05, 3.63) is 0 Å². The van der Waals surface area contributed by atoms with E-state index in [1.807, 2.05) is 6.92 Å². The molecular weight excluding hydrogens is 244 g/mol. The second-order valence-electron chi connectivity index (χ2n) is 7.11. The highest BCUT2D eigenvalue weighted by atomic mass is 16.6. The van der Waals surface area contributed by atoms with Crippen LogP contribution in [-0.4, -0.2) is 23.6 Å². The summed E-state index contributed by atoms with van der Waals surface area (Å²) in [6, 6.07) is 0. The normalized spacial score (nSPS) is 45.5. The molecule has 4 atom stereocenters. The lowest BCUT2D eigenvalue weighted by Gasteiger charge is -2.31. The SMILES string of the molecule is CC1(OC(=O)C23CC4CC(OC2=O)C3C4)CCCC1. The highest BCUT2D eigenvalue weighted by Gasteiger charge is 2.71. The van der Waals surface area contributed by atoms with Gasteiger partial charge in [-0.25, -0.2) is 0 Å². The smallest absolute Gasteiger partial charge is 0.324 e. The number of ether oxygens (including phenoxy) is 2. The Hall–Kier alpha value is -1.06. The molecule has 0 aromatic carbocycles. The number of rotatable bonds is 2. The van der Waals surface area contributed by atoms with Gasteiger partial charge in [-0.1, -0.05) is 0 Å². The monoisotopic (exact) mass is 264 g/mol. The summed E-state index contributed by atoms with van der Waals surface area (Å²) in [6.07, 6.45) is 6.59. The van der Waals surface area contributed by atoms with Gasteiger partial charge in [-0.2, -0.15) is 0 Å². The molecule has 3 saturated carbocycles. The maximum atomic E-state index is 12.7. The van der Waals surface area contributed by atoms with Crippen LogP contribution in [0, 0.1) is 17.3 Å². The molecule has 1 aliphatic heterocycles. The highest BCUT2D eigenvalue weighted by Crippen LogP contribution is 2.62. The van der Waals surface area contributed by atoms with Gasteiger partial charge in [-0.15, -0.1) is 0 Å². The Bertz CT molecular complexity index is 451. The molecule has 0 radical (unpaired) electrons. The molecule has 1 heterocycles. The van der Waals surface area contributed by atoms with E-state index in [0.29, 0.717) is 12.3 Å². The first-order valence-corrected chi connectivity index (χ1v) is 7.48. The molecule has 2 bridgehead atoms. The molecule has 104 valence electrons. The summed E-state index contributed by atoms with van der Waals surface area (Å²) in [5.74, 6) is -0.0430. The van der Waals surface area contributed by atoms with E-state index in [-0.39, 0.29) is 29.6 Å². The van der Waals surface area contributed by atoms with E-state index in [0.717, 1.165) is 38.5 Å². The fourth-order valence-electron chi connectivity index (χ4n) is 4.86. The van der Waals surface area contributed by atoms with Crippen LogP contribution in [0.25, 0.3) is 0 Å². The van der Waals surface area contributed by atoms with Crippen LogP contribution in [0.2, 0.25) is 0 Å². The molecule has 0 amide bonds. The molecular formula is C15H20O4. The fraction of sp³-hybridized carbons (Fsp3) is 0.867. The number of hydrogen-bond acceptors (Lipinski definition) is 4. The van der Waals surface area contributed by atoms with Gasteiger partial charge in [0, 0.05) is 5.92 Å². The summed E-state index contributed by atoms with van der Waals surface area (Å²) < 4.78 is 11.2. The van der Waals surface area contributed by atoms with Crippen LogP contribution in [0.1, 0.15) is 51.9 Å². The third-order valence-electron chi connectivity index (χ3n) is 5.83. The van der Waals surface area contributed by atoms with Crippen LogP contribution in [0.15, 0.2) is 0 Å². The van der Waals surface area contributed by atoms with Crippen LogP contribution in [0.5, 0.6) is 0 Å². The molecule has 0 spiro atoms. The van der Waals surface area contributed by atoms with Crippen molar-refractivity contribution in [3.8, 4) is 0 Å². The maximum absolute atomic E-state index is 12.7. The zero-order valence-corrected chi connectivity index (χ0v) is 11.3. The predicted molar refractivity (Wildman–Crippen MR) is 66.1 cm³/mol. The summed E-state index contributed by atoms with van der Waals surface area (Å²) in [7, 11) is 0. The van der Waals surface area contributed by atoms with Crippen molar-refractivity contribution in [3.63, 3.8) is 0 Å². The Kier molecular flexibility index (Phi) is 2.18. The van der Waals surface area contributed by atoms with Gasteiger partial charge < -0.3 is 9.47 Å². The number of carbonyl (C=O) groups is 2. The second kappa shape index (κ2) is 3.53. The lowest BCUT2D eigenvalue weighted by atomic mass is 9.74. The molecule has 4 nitrogen and oxygen atoms in total. The van der Waals surface area contributed by atoms with Gasteiger partial charge in [-0.05, 0) is 57.8 Å². The van der Waals surface area contributed by atoms with Crippen molar-refractivity contribution in [1.82, 2.24) is 0 Å². The van der Waals surface area contributed by atoms with Crippen molar-refractivity contribution in [2.45, 2.75) is 63.6 Å². The van der Waals surface area contributed by atoms with Crippen LogP contribution in [0.3, 0.4) is 0 Å². The molecule has 19 heavy (non-hydrogen) atoms. The van der Waals surface area contributed by atoms with E-state index in [1.165, 1.54) is 0 Å². The van der Waals surface area contributed by atoms with Crippen molar-refractivity contribution >= 4 is 11.9 Å². The van der Waals surface area contributed by atoms with Crippen LogP contribution < -0.4 is 0 Å². The van der Waals surface area contributed by atoms with Crippen molar-refractivity contribution in [2.24, 2.45) is 17.3 Å². The molecule has 3 aliphatic carbocycles. The van der Waals surface area contributed by atoms with E-state index < -0.39 is 5.41 Å². The largest absolute Gasteiger partial charge is 0.461 e. The van der Waals surface area contributed by atoms with E-state index in [2.05, 4.69) is 0 Å². The minimum Gasteiger partial charge on any atom is -0.461 e. The Morgan fingerprint density at radius 1 is 1.32 bits per heavy atom. The molecule has 0 aromatic rings. The van der Waals surface area contributed by atoms with Gasteiger partial charge in [0.15, 0.2) is 5.41 Å². The highest BCUT2D eigenvalue weighted by molar-refractivity contribution is 6.03. The molecule has 0 aromatic heterocycles. The van der Waals surface area contributed by atoms with Crippen molar-refractivity contribution in [2.75, 3.05) is 0 Å². The van der Waals surface area contributed by atoms with Crippen LogP contribution in [0.4, 0.5) is 0 Å². The Balaban J connectivity index is 1.61. The molecule has 4 aliphatic rings. The van der Waals surface area contributed by atoms with Gasteiger partial charge in [0.2, 0.25) is 0 Å². The van der Waals surface area contributed by atoms with Crippen molar-refractivity contribution in [1.29, 1.82) is 0 Å². The Morgan fingerprint density at radius 3 is 2.74 bits per heavy atom. The zero-order valence-electron chi connectivity index (χ0n) is 11.3. The quantitative estimate of drug-likeness (QED) is 0.567. The van der Waals surface area contributed by atoms with E-state index in [1.54, 1.807) is 0 Å². The predicted octanol–water partition coefficient (Wildman–Crippen LogP) is 2.20. The van der Waals surface area contributed by atoms with Gasteiger partial charge in [0.05, 0.1) is 0 Å². The van der Waals surface area contributed by atoms with E-state index in [4.69, 9.17) is 9.47 Å². The van der Waals surface area contributed by atoms with Gasteiger partial charge in [0.1, 0.15) is 11.7 Å². The number of hydrogen-bond donors (Lipinski definition) is 0. The van der Waals surface area contributed by atoms with Gasteiger partial charge in [0.25, 0.3) is 0 Å². The first kappa shape index (κ1) is 11.7. The molecule has 1 saturated heterocycles. The average Bonchev–Trinajstić information content (AvgIpc) is 3.03. The topological polar surface area (TPSA) is 52.6 Å².